The number of unbranched alkanes of at least 4 members (excludes halogenated alkanes) is 9. The van der Waals surface area contributed by atoms with Crippen molar-refractivity contribution in [1.29, 1.82) is 0 Å². The van der Waals surface area contributed by atoms with Gasteiger partial charge in [-0.15, -0.1) is 0 Å². The molecule has 0 aromatic rings. The van der Waals surface area contributed by atoms with Gasteiger partial charge in [0.05, 0.1) is 0 Å². The van der Waals surface area contributed by atoms with Gasteiger partial charge in [-0.2, -0.15) is 0 Å². The zero-order valence-corrected chi connectivity index (χ0v) is 8.93. The van der Waals surface area contributed by atoms with Gasteiger partial charge in [-0.1, -0.05) is 51.9 Å². The third-order valence-electron chi connectivity index (χ3n) is 2.24. The molecule has 0 saturated heterocycles. The van der Waals surface area contributed by atoms with E-state index in [9.17, 15) is 4.79 Å². The van der Waals surface area contributed by atoms with Crippen LogP contribution in [-0.4, -0.2) is 6.29 Å². The maximum absolute atomic E-state index is 10.0. The van der Waals surface area contributed by atoms with E-state index < -0.39 is 0 Å². The van der Waals surface area contributed by atoms with Crippen LogP contribution >= 0.6 is 0 Å². The minimum absolute atomic E-state index is 0.740. The predicted octanol–water partition coefficient (Wildman–Crippen LogP) is 3.92. The highest BCUT2D eigenvalue weighted by Crippen LogP contribution is 2.08. The number of hydrogen-bond acceptors (Lipinski definition) is 1. The van der Waals surface area contributed by atoms with Crippen LogP contribution in [0.1, 0.15) is 64.7 Å². The smallest absolute Gasteiger partial charge is 0.119 e. The Morgan fingerprint density at radius 2 is 1.46 bits per heavy atom. The summed E-state index contributed by atoms with van der Waals surface area (Å²) in [4.78, 5) is 10.0. The molecule has 0 saturated carbocycles. The molecule has 1 nitrogen and oxygen atoms in total. The van der Waals surface area contributed by atoms with Crippen molar-refractivity contribution in [1.82, 2.24) is 0 Å². The molecule has 0 fully saturated rings. The number of rotatable bonds is 10. The van der Waals surface area contributed by atoms with Crippen LogP contribution in [0.15, 0.2) is 0 Å². The fraction of sp³-hybridized carbons (Fsp3) is 0.833. The molecule has 0 bridgehead atoms. The zero-order chi connectivity index (χ0) is 9.78. The van der Waals surface area contributed by atoms with Crippen molar-refractivity contribution in [2.24, 2.45) is 0 Å². The molecule has 77 valence electrons. The summed E-state index contributed by atoms with van der Waals surface area (Å²) in [5.74, 6) is 0. The van der Waals surface area contributed by atoms with E-state index >= 15 is 0 Å². The minimum Gasteiger partial charge on any atom is -0.303 e. The van der Waals surface area contributed by atoms with E-state index in [1.54, 1.807) is 0 Å². The lowest BCUT2D eigenvalue weighted by Gasteiger charge is -1.99. The molecule has 0 aliphatic rings. The topological polar surface area (TPSA) is 17.1 Å². The van der Waals surface area contributed by atoms with Crippen molar-refractivity contribution in [2.75, 3.05) is 0 Å². The normalized spacial score (nSPS) is 10.2. The van der Waals surface area contributed by atoms with Gasteiger partial charge < -0.3 is 4.79 Å². The van der Waals surface area contributed by atoms with E-state index in [1.165, 1.54) is 44.9 Å². The van der Waals surface area contributed by atoms with Crippen molar-refractivity contribution in [3.8, 4) is 0 Å². The van der Waals surface area contributed by atoms with Gasteiger partial charge in [0, 0.05) is 6.42 Å². The summed E-state index contributed by atoms with van der Waals surface area (Å²) >= 11 is 0. The Balaban J connectivity index is 2.79. The summed E-state index contributed by atoms with van der Waals surface area (Å²) < 4.78 is 0. The lowest BCUT2D eigenvalue weighted by Crippen LogP contribution is -1.82. The van der Waals surface area contributed by atoms with Crippen molar-refractivity contribution in [3.05, 3.63) is 6.42 Å². The molecule has 0 aliphatic heterocycles. The fourth-order valence-electron chi connectivity index (χ4n) is 1.38. The highest BCUT2D eigenvalue weighted by atomic mass is 16.1. The number of carbonyl (C=O) groups is 1. The van der Waals surface area contributed by atoms with E-state index in [2.05, 4.69) is 13.3 Å². The molecule has 0 spiro atoms. The van der Waals surface area contributed by atoms with Gasteiger partial charge >= 0.3 is 0 Å². The molecule has 13 heavy (non-hydrogen) atoms. The largest absolute Gasteiger partial charge is 0.303 e. The van der Waals surface area contributed by atoms with Crippen molar-refractivity contribution in [2.45, 2.75) is 64.7 Å². The van der Waals surface area contributed by atoms with Gasteiger partial charge in [0.15, 0.2) is 0 Å². The number of carbonyl (C=O) groups excluding carboxylic acids is 1. The van der Waals surface area contributed by atoms with Gasteiger partial charge in [-0.05, 0) is 12.8 Å². The molecule has 0 unspecified atom stereocenters. The van der Waals surface area contributed by atoms with Crippen molar-refractivity contribution < 1.29 is 4.79 Å². The predicted molar refractivity (Wildman–Crippen MR) is 57.6 cm³/mol. The van der Waals surface area contributed by atoms with Crippen LogP contribution in [0.2, 0.25) is 0 Å². The molecule has 0 aliphatic carbocycles. The molecule has 1 heteroatoms. The third-order valence-corrected chi connectivity index (χ3v) is 2.24. The molecule has 0 heterocycles. The summed E-state index contributed by atoms with van der Waals surface area (Å²) in [6, 6.07) is 0. The highest BCUT2D eigenvalue weighted by Gasteiger charge is 1.91. The molecule has 0 rings (SSSR count). The number of hydrogen-bond donors (Lipinski definition) is 0. The lowest BCUT2D eigenvalue weighted by atomic mass is 10.1. The monoisotopic (exact) mass is 183 g/mol. The quantitative estimate of drug-likeness (QED) is 0.370. The van der Waals surface area contributed by atoms with Crippen LogP contribution in [0.5, 0.6) is 0 Å². The maximum Gasteiger partial charge on any atom is 0.119 e. The second-order valence-electron chi connectivity index (χ2n) is 3.59. The molecular weight excluding hydrogens is 160 g/mol. The lowest BCUT2D eigenvalue weighted by molar-refractivity contribution is -0.107. The first-order valence-corrected chi connectivity index (χ1v) is 5.67. The van der Waals surface area contributed by atoms with E-state index in [4.69, 9.17) is 0 Å². The van der Waals surface area contributed by atoms with Crippen LogP contribution in [0, 0.1) is 6.42 Å². The Labute approximate surface area is 82.9 Å². The second kappa shape index (κ2) is 11.7. The Morgan fingerprint density at radius 3 is 2.08 bits per heavy atom. The SMILES string of the molecule is CCCCCC[CH]CCCCC=O. The van der Waals surface area contributed by atoms with Crippen molar-refractivity contribution in [3.63, 3.8) is 0 Å². The van der Waals surface area contributed by atoms with E-state index in [0.29, 0.717) is 0 Å². The third kappa shape index (κ3) is 11.7. The Bertz CT molecular complexity index is 99.3. The van der Waals surface area contributed by atoms with E-state index in [0.717, 1.165) is 19.1 Å². The summed E-state index contributed by atoms with van der Waals surface area (Å²) in [5, 5.41) is 0. The molecular formula is C12H23O. The average molecular weight is 183 g/mol. The van der Waals surface area contributed by atoms with Crippen LogP contribution in [0.4, 0.5) is 0 Å². The average Bonchev–Trinajstić information content (AvgIpc) is 2.16. The van der Waals surface area contributed by atoms with Crippen LogP contribution < -0.4 is 0 Å². The Hall–Kier alpha value is -0.330. The van der Waals surface area contributed by atoms with Gasteiger partial charge in [-0.25, -0.2) is 0 Å². The summed E-state index contributed by atoms with van der Waals surface area (Å²) in [7, 11) is 0. The Kier molecular flexibility index (Phi) is 11.4. The molecule has 1 radical (unpaired) electrons. The second-order valence-corrected chi connectivity index (χ2v) is 3.59. The van der Waals surface area contributed by atoms with Gasteiger partial charge in [0.2, 0.25) is 0 Å². The van der Waals surface area contributed by atoms with Crippen molar-refractivity contribution >= 4 is 6.29 Å². The summed E-state index contributed by atoms with van der Waals surface area (Å²) in [5.41, 5.74) is 0. The minimum atomic E-state index is 0.740. The standard InChI is InChI=1S/C12H23O/c1-2-3-4-5-6-7-8-9-10-11-12-13/h7,12H,2-6,8-11H2,1H3. The Morgan fingerprint density at radius 1 is 0.846 bits per heavy atom. The maximum atomic E-state index is 10.0. The van der Waals surface area contributed by atoms with Gasteiger partial charge in [-0.3, -0.25) is 0 Å². The zero-order valence-electron chi connectivity index (χ0n) is 8.93. The van der Waals surface area contributed by atoms with Gasteiger partial charge in [0.25, 0.3) is 0 Å². The molecule has 0 atom stereocenters. The first-order valence-electron chi connectivity index (χ1n) is 5.67. The first kappa shape index (κ1) is 12.7. The molecule has 0 aromatic heterocycles. The summed E-state index contributed by atoms with van der Waals surface area (Å²) in [6.07, 6.45) is 14.3. The summed E-state index contributed by atoms with van der Waals surface area (Å²) in [6.45, 7) is 2.24. The van der Waals surface area contributed by atoms with Crippen LogP contribution in [0.3, 0.4) is 0 Å². The van der Waals surface area contributed by atoms with Gasteiger partial charge in [0.1, 0.15) is 6.29 Å². The molecule has 0 N–H and O–H groups in total. The molecule has 0 aromatic carbocycles. The van der Waals surface area contributed by atoms with Crippen LogP contribution in [0.25, 0.3) is 0 Å². The molecule has 0 amide bonds. The fourth-order valence-corrected chi connectivity index (χ4v) is 1.38. The highest BCUT2D eigenvalue weighted by molar-refractivity contribution is 5.48. The van der Waals surface area contributed by atoms with E-state index in [1.807, 2.05) is 0 Å². The number of aldehydes is 1. The van der Waals surface area contributed by atoms with Crippen LogP contribution in [-0.2, 0) is 4.79 Å². The first-order chi connectivity index (χ1) is 6.41. The van der Waals surface area contributed by atoms with E-state index in [-0.39, 0.29) is 0 Å².